The molecule has 0 unspecified atom stereocenters. The molecule has 0 fully saturated rings. The van der Waals surface area contributed by atoms with E-state index in [4.69, 9.17) is 4.74 Å². The van der Waals surface area contributed by atoms with Crippen LogP contribution in [0.25, 0.3) is 0 Å². The first-order chi connectivity index (χ1) is 9.96. The van der Waals surface area contributed by atoms with Gasteiger partial charge in [-0.05, 0) is 20.8 Å². The Morgan fingerprint density at radius 1 is 1.43 bits per heavy atom. The third-order valence-electron chi connectivity index (χ3n) is 2.72. The minimum absolute atomic E-state index is 0.0377. The van der Waals surface area contributed by atoms with Crippen LogP contribution in [0.1, 0.15) is 33.5 Å². The molecule has 1 aromatic rings. The highest BCUT2D eigenvalue weighted by molar-refractivity contribution is 5.80. The first kappa shape index (κ1) is 17.4. The van der Waals surface area contributed by atoms with Crippen LogP contribution in [0.5, 0.6) is 0 Å². The number of hydrogen-bond acceptors (Lipinski definition) is 4. The zero-order chi connectivity index (χ0) is 15.7. The van der Waals surface area contributed by atoms with Crippen molar-refractivity contribution in [3.8, 4) is 0 Å². The molecule has 120 valence electrons. The van der Waals surface area contributed by atoms with Crippen LogP contribution in [-0.4, -0.2) is 53.1 Å². The molecule has 0 aromatic carbocycles. The molecule has 2 N–H and O–H groups in total. The molecule has 7 nitrogen and oxygen atoms in total. The van der Waals surface area contributed by atoms with E-state index in [2.05, 4.69) is 58.1 Å². The zero-order valence-electron chi connectivity index (χ0n) is 13.8. The van der Waals surface area contributed by atoms with Crippen LogP contribution in [0.15, 0.2) is 11.3 Å². The van der Waals surface area contributed by atoms with E-state index >= 15 is 0 Å². The number of nitrogens with zero attached hydrogens (tertiary/aromatic N) is 4. The van der Waals surface area contributed by atoms with Crippen molar-refractivity contribution in [1.82, 2.24) is 25.4 Å². The summed E-state index contributed by atoms with van der Waals surface area (Å²) in [6, 6.07) is 0. The molecule has 0 radical (unpaired) electrons. The van der Waals surface area contributed by atoms with E-state index in [0.717, 1.165) is 31.3 Å². The van der Waals surface area contributed by atoms with Gasteiger partial charge in [0.05, 0.1) is 13.2 Å². The van der Waals surface area contributed by atoms with Gasteiger partial charge >= 0.3 is 0 Å². The maximum Gasteiger partial charge on any atom is 0.191 e. The lowest BCUT2D eigenvalue weighted by Crippen LogP contribution is -2.48. The molecule has 0 aliphatic carbocycles. The topological polar surface area (TPSA) is 76.4 Å². The maximum absolute atomic E-state index is 5.03. The van der Waals surface area contributed by atoms with Gasteiger partial charge in [-0.25, -0.2) is 0 Å². The van der Waals surface area contributed by atoms with Crippen molar-refractivity contribution in [2.75, 3.05) is 26.8 Å². The third-order valence-corrected chi connectivity index (χ3v) is 2.72. The number of guanidine groups is 1. The fraction of sp³-hybridized carbons (Fsp3) is 0.786. The normalized spacial score (nSPS) is 12.5. The number of hydrogen-bond donors (Lipinski definition) is 2. The molecule has 21 heavy (non-hydrogen) atoms. The van der Waals surface area contributed by atoms with Gasteiger partial charge in [-0.2, -0.15) is 0 Å². The number of nitrogens with one attached hydrogen (secondary N) is 2. The number of aryl methyl sites for hydroxylation is 1. The Bertz CT molecular complexity index is 435. The summed E-state index contributed by atoms with van der Waals surface area (Å²) in [5, 5.41) is 14.7. The van der Waals surface area contributed by atoms with E-state index in [1.807, 2.05) is 0 Å². The second-order valence-electron chi connectivity index (χ2n) is 5.82. The molecule has 1 aromatic heterocycles. The summed E-state index contributed by atoms with van der Waals surface area (Å²) in [6.45, 7) is 11.2. The predicted octanol–water partition coefficient (Wildman–Crippen LogP) is 0.821. The number of methoxy groups -OCH3 is 1. The molecule has 0 saturated heterocycles. The van der Waals surface area contributed by atoms with E-state index in [1.165, 1.54) is 0 Å². The van der Waals surface area contributed by atoms with Gasteiger partial charge in [-0.1, -0.05) is 6.92 Å². The molecule has 0 spiro atoms. The molecule has 0 saturated carbocycles. The smallest absolute Gasteiger partial charge is 0.191 e. The number of ether oxygens (including phenoxy) is 1. The van der Waals surface area contributed by atoms with E-state index in [9.17, 15) is 0 Å². The molecule has 0 bridgehead atoms. The number of rotatable bonds is 7. The maximum atomic E-state index is 5.03. The van der Waals surface area contributed by atoms with Crippen LogP contribution >= 0.6 is 0 Å². The highest BCUT2D eigenvalue weighted by atomic mass is 16.5. The van der Waals surface area contributed by atoms with Crippen molar-refractivity contribution in [1.29, 1.82) is 0 Å². The lowest BCUT2D eigenvalue weighted by molar-refractivity contribution is 0.207. The highest BCUT2D eigenvalue weighted by Gasteiger charge is 2.12. The molecule has 7 heteroatoms. The summed E-state index contributed by atoms with van der Waals surface area (Å²) in [4.78, 5) is 4.49. The Morgan fingerprint density at radius 3 is 2.81 bits per heavy atom. The van der Waals surface area contributed by atoms with Gasteiger partial charge in [0.15, 0.2) is 5.96 Å². The minimum Gasteiger partial charge on any atom is -0.383 e. The van der Waals surface area contributed by atoms with Crippen LogP contribution < -0.4 is 10.6 Å². The molecular weight excluding hydrogens is 268 g/mol. The molecular formula is C14H28N6O. The standard InChI is InChI=1S/C14H28N6O/c1-6-12-19-17-11-20(12)9-7-15-13(16-8-10-21-5)18-14(2,3)4/h11H,6-10H2,1-5H3,(H2,15,16,18). The van der Waals surface area contributed by atoms with Crippen molar-refractivity contribution in [3.63, 3.8) is 0 Å². The van der Waals surface area contributed by atoms with Crippen molar-refractivity contribution < 1.29 is 4.74 Å². The van der Waals surface area contributed by atoms with Crippen LogP contribution in [0.2, 0.25) is 0 Å². The molecule has 1 heterocycles. The zero-order valence-corrected chi connectivity index (χ0v) is 13.8. The molecule has 0 aliphatic heterocycles. The SMILES string of the molecule is CCc1nncn1CCNC(=NCCOC)NC(C)(C)C. The Labute approximate surface area is 127 Å². The van der Waals surface area contributed by atoms with Gasteiger partial charge < -0.3 is 19.9 Å². The van der Waals surface area contributed by atoms with Crippen molar-refractivity contribution in [2.24, 2.45) is 4.99 Å². The fourth-order valence-electron chi connectivity index (χ4n) is 1.78. The van der Waals surface area contributed by atoms with Crippen molar-refractivity contribution >= 4 is 5.96 Å². The van der Waals surface area contributed by atoms with Gasteiger partial charge in [-0.3, -0.25) is 4.99 Å². The highest BCUT2D eigenvalue weighted by Crippen LogP contribution is 1.98. The third kappa shape index (κ3) is 7.08. The monoisotopic (exact) mass is 296 g/mol. The summed E-state index contributed by atoms with van der Waals surface area (Å²) in [7, 11) is 1.68. The second-order valence-corrected chi connectivity index (χ2v) is 5.82. The van der Waals surface area contributed by atoms with Crippen LogP contribution in [0, 0.1) is 0 Å². The molecule has 1 rings (SSSR count). The summed E-state index contributed by atoms with van der Waals surface area (Å²) in [5.74, 6) is 1.80. The number of aromatic nitrogens is 3. The average molecular weight is 296 g/mol. The van der Waals surface area contributed by atoms with E-state index in [0.29, 0.717) is 13.2 Å². The van der Waals surface area contributed by atoms with Gasteiger partial charge in [0.1, 0.15) is 12.2 Å². The van der Waals surface area contributed by atoms with Crippen LogP contribution in [0.3, 0.4) is 0 Å². The van der Waals surface area contributed by atoms with Gasteiger partial charge in [-0.15, -0.1) is 10.2 Å². The first-order valence-electron chi connectivity index (χ1n) is 7.38. The van der Waals surface area contributed by atoms with Gasteiger partial charge in [0, 0.05) is 32.2 Å². The second kappa shape index (κ2) is 8.61. The summed E-state index contributed by atoms with van der Waals surface area (Å²) < 4.78 is 7.09. The lowest BCUT2D eigenvalue weighted by atomic mass is 10.1. The Morgan fingerprint density at radius 2 is 2.19 bits per heavy atom. The lowest BCUT2D eigenvalue weighted by Gasteiger charge is -2.24. The molecule has 0 aliphatic rings. The quantitative estimate of drug-likeness (QED) is 0.442. The van der Waals surface area contributed by atoms with E-state index in [-0.39, 0.29) is 5.54 Å². The molecule has 0 atom stereocenters. The van der Waals surface area contributed by atoms with Crippen LogP contribution in [0.4, 0.5) is 0 Å². The minimum atomic E-state index is -0.0377. The number of aliphatic imine (C=N–C) groups is 1. The first-order valence-corrected chi connectivity index (χ1v) is 7.38. The Hall–Kier alpha value is -1.63. The fourth-order valence-corrected chi connectivity index (χ4v) is 1.78. The van der Waals surface area contributed by atoms with Gasteiger partial charge in [0.2, 0.25) is 0 Å². The molecule has 0 amide bonds. The van der Waals surface area contributed by atoms with E-state index in [1.54, 1.807) is 13.4 Å². The summed E-state index contributed by atoms with van der Waals surface area (Å²) in [5.41, 5.74) is -0.0377. The summed E-state index contributed by atoms with van der Waals surface area (Å²) in [6.07, 6.45) is 2.65. The van der Waals surface area contributed by atoms with Crippen molar-refractivity contribution in [3.05, 3.63) is 12.2 Å². The average Bonchev–Trinajstić information content (AvgIpc) is 2.84. The Balaban J connectivity index is 2.50. The largest absolute Gasteiger partial charge is 0.383 e. The van der Waals surface area contributed by atoms with Crippen molar-refractivity contribution in [2.45, 2.75) is 46.2 Å². The van der Waals surface area contributed by atoms with E-state index < -0.39 is 0 Å². The Kier molecular flexibility index (Phi) is 7.14. The summed E-state index contributed by atoms with van der Waals surface area (Å²) >= 11 is 0. The van der Waals surface area contributed by atoms with Gasteiger partial charge in [0.25, 0.3) is 0 Å². The van der Waals surface area contributed by atoms with Crippen LogP contribution in [-0.2, 0) is 17.7 Å². The predicted molar refractivity (Wildman–Crippen MR) is 84.5 cm³/mol.